The normalized spacial score (nSPS) is 31.4. The molecule has 0 heterocycles. The molecule has 1 nitrogen and oxygen atoms in total. The molecule has 4 unspecified atom stereocenters. The van der Waals surface area contributed by atoms with Gasteiger partial charge in [-0.05, 0) is 49.0 Å². The van der Waals surface area contributed by atoms with Crippen LogP contribution in [-0.4, -0.2) is 25.2 Å². The van der Waals surface area contributed by atoms with Crippen molar-refractivity contribution in [3.05, 3.63) is 45.5 Å². The van der Waals surface area contributed by atoms with Gasteiger partial charge in [0.15, 0.2) is 5.78 Å². The fraction of sp³-hybridized carbons (Fsp3) is 0.526. The Morgan fingerprint density at radius 3 is 1.62 bits per heavy atom. The van der Waals surface area contributed by atoms with Crippen molar-refractivity contribution < 1.29 is 4.79 Å². The second kappa shape index (κ2) is 9.05. The van der Waals surface area contributed by atoms with Crippen molar-refractivity contribution in [3.8, 4) is 0 Å². The Hall–Kier alpha value is 0.750. The summed E-state index contributed by atoms with van der Waals surface area (Å²) in [6.07, 6.45) is 9.44. The van der Waals surface area contributed by atoms with Gasteiger partial charge in [0.25, 0.3) is 0 Å². The molecule has 2 aliphatic carbocycles. The molecule has 7 heteroatoms. The number of halogens is 6. The van der Waals surface area contributed by atoms with Gasteiger partial charge in [0.05, 0.1) is 10.8 Å². The predicted octanol–water partition coefficient (Wildman–Crippen LogP) is 7.76. The monoisotopic (exact) mass is 562 g/mol. The van der Waals surface area contributed by atoms with Crippen LogP contribution in [0.2, 0.25) is 0 Å². The third-order valence-corrected chi connectivity index (χ3v) is 8.42. The summed E-state index contributed by atoms with van der Waals surface area (Å²) >= 11 is 32.8. The molecule has 2 rings (SSSR count). The largest absolute Gasteiger partial charge is 0.296 e. The van der Waals surface area contributed by atoms with E-state index >= 15 is 0 Å². The fourth-order valence-corrected chi connectivity index (χ4v) is 6.00. The molecule has 0 amide bonds. The van der Waals surface area contributed by atoms with Crippen LogP contribution >= 0.6 is 78.3 Å². The van der Waals surface area contributed by atoms with Crippen LogP contribution in [0.5, 0.6) is 0 Å². The zero-order chi connectivity index (χ0) is 19.7. The van der Waals surface area contributed by atoms with E-state index in [2.05, 4.69) is 31.9 Å². The van der Waals surface area contributed by atoms with Crippen LogP contribution in [0.4, 0.5) is 0 Å². The third kappa shape index (κ3) is 4.66. The molecule has 0 spiro atoms. The van der Waals surface area contributed by atoms with Crippen molar-refractivity contribution >= 4 is 84.0 Å². The van der Waals surface area contributed by atoms with Crippen LogP contribution in [0, 0.1) is 0 Å². The van der Waals surface area contributed by atoms with Crippen molar-refractivity contribution in [3.63, 3.8) is 0 Å². The summed E-state index contributed by atoms with van der Waals surface area (Å²) in [7, 11) is 0. The molecule has 0 aliphatic heterocycles. The van der Waals surface area contributed by atoms with E-state index in [-0.39, 0.29) is 16.5 Å². The molecule has 0 N–H and O–H groups in total. The first-order valence-electron chi connectivity index (χ1n) is 8.44. The Balaban J connectivity index is 2.32. The van der Waals surface area contributed by atoms with E-state index in [1.54, 1.807) is 24.3 Å². The van der Waals surface area contributed by atoms with Gasteiger partial charge < -0.3 is 0 Å². The van der Waals surface area contributed by atoms with Gasteiger partial charge in [-0.2, -0.15) is 0 Å². The van der Waals surface area contributed by atoms with Crippen LogP contribution in [0.3, 0.4) is 0 Å². The van der Waals surface area contributed by atoms with Gasteiger partial charge in [-0.1, -0.05) is 81.1 Å². The summed E-state index contributed by atoms with van der Waals surface area (Å²) in [4.78, 5) is 13.5. The lowest BCUT2D eigenvalue weighted by molar-refractivity contribution is -0.121. The number of carbonyl (C=O) groups is 1. The van der Waals surface area contributed by atoms with Gasteiger partial charge in [-0.15, -0.1) is 23.2 Å². The van der Waals surface area contributed by atoms with Crippen molar-refractivity contribution in [1.82, 2.24) is 0 Å². The quantitative estimate of drug-likeness (QED) is 0.301. The summed E-state index contributed by atoms with van der Waals surface area (Å²) in [5.74, 6) is -0.0271. The summed E-state index contributed by atoms with van der Waals surface area (Å²) in [6, 6.07) is 0. The average molecular weight is 566 g/mol. The lowest BCUT2D eigenvalue weighted by atomic mass is 9.79. The standard InChI is InChI=1S/C19H20Br2Cl4O/c1-3-13(22)11-9-18(20,7-5-15(11)24)17(26)19(21)8-6-16(25)12(10-19)14(23)4-2/h5-8,13-14H,3-4,9-10H2,1-2H3. The Bertz CT molecular complexity index is 654. The molecule has 0 radical (unpaired) electrons. The Kier molecular flexibility index (Phi) is 8.02. The lowest BCUT2D eigenvalue weighted by Gasteiger charge is -2.37. The third-order valence-electron chi connectivity index (χ3n) is 4.72. The SMILES string of the molecule is CCC(Cl)C1=C(Cl)C=CC(Br)(C(=O)C2(Br)C=CC(Cl)=C(C(Cl)CC)C2)C1. The first-order chi connectivity index (χ1) is 12.1. The fourth-order valence-electron chi connectivity index (χ4n) is 3.14. The van der Waals surface area contributed by atoms with E-state index in [9.17, 15) is 4.79 Å². The van der Waals surface area contributed by atoms with Gasteiger partial charge in [0.2, 0.25) is 0 Å². The van der Waals surface area contributed by atoms with Crippen LogP contribution in [-0.2, 0) is 4.79 Å². The number of ketones is 1. The summed E-state index contributed by atoms with van der Waals surface area (Å²) in [5.41, 5.74) is 1.74. The molecule has 0 aromatic carbocycles. The van der Waals surface area contributed by atoms with Crippen molar-refractivity contribution in [2.24, 2.45) is 0 Å². The summed E-state index contributed by atoms with van der Waals surface area (Å²) < 4.78 is -1.78. The van der Waals surface area contributed by atoms with E-state index in [0.29, 0.717) is 22.9 Å². The minimum absolute atomic E-state index is 0.0271. The highest BCUT2D eigenvalue weighted by atomic mass is 79.9. The molecule has 0 bridgehead atoms. The minimum atomic E-state index is -0.889. The second-order valence-electron chi connectivity index (χ2n) is 6.57. The van der Waals surface area contributed by atoms with Crippen LogP contribution in [0.25, 0.3) is 0 Å². The van der Waals surface area contributed by atoms with Gasteiger partial charge in [0, 0.05) is 10.1 Å². The average Bonchev–Trinajstić information content (AvgIpc) is 2.64. The van der Waals surface area contributed by atoms with Gasteiger partial charge in [-0.3, -0.25) is 4.79 Å². The Morgan fingerprint density at radius 1 is 0.962 bits per heavy atom. The van der Waals surface area contributed by atoms with Crippen molar-refractivity contribution in [2.45, 2.75) is 58.9 Å². The maximum Gasteiger partial charge on any atom is 0.174 e. The zero-order valence-electron chi connectivity index (χ0n) is 14.5. The number of allylic oxidation sites excluding steroid dienone is 8. The first-order valence-corrected chi connectivity index (χ1v) is 11.7. The van der Waals surface area contributed by atoms with Crippen LogP contribution in [0.15, 0.2) is 45.5 Å². The highest BCUT2D eigenvalue weighted by Gasteiger charge is 2.48. The highest BCUT2D eigenvalue weighted by Crippen LogP contribution is 2.47. The van der Waals surface area contributed by atoms with Gasteiger partial charge in [-0.25, -0.2) is 0 Å². The molecule has 0 fully saturated rings. The number of rotatable bonds is 6. The molecular weight excluding hydrogens is 546 g/mol. The molecule has 0 aromatic rings. The van der Waals surface area contributed by atoms with Gasteiger partial charge in [0.1, 0.15) is 8.65 Å². The Labute approximate surface area is 192 Å². The first kappa shape index (κ1) is 23.0. The van der Waals surface area contributed by atoms with Crippen molar-refractivity contribution in [1.29, 1.82) is 0 Å². The van der Waals surface area contributed by atoms with Crippen LogP contribution in [0.1, 0.15) is 39.5 Å². The lowest BCUT2D eigenvalue weighted by Crippen LogP contribution is -2.46. The van der Waals surface area contributed by atoms with Crippen LogP contribution < -0.4 is 0 Å². The molecule has 0 aromatic heterocycles. The maximum absolute atomic E-state index is 13.5. The number of alkyl halides is 4. The number of hydrogen-bond donors (Lipinski definition) is 0. The predicted molar refractivity (Wildman–Crippen MR) is 121 cm³/mol. The highest BCUT2D eigenvalue weighted by molar-refractivity contribution is 9.11. The van der Waals surface area contributed by atoms with E-state index in [4.69, 9.17) is 46.4 Å². The topological polar surface area (TPSA) is 17.1 Å². The zero-order valence-corrected chi connectivity index (χ0v) is 20.7. The smallest absolute Gasteiger partial charge is 0.174 e. The molecule has 0 saturated heterocycles. The molecule has 2 aliphatic rings. The number of Topliss-reactive ketones (excluding diaryl/α,β-unsaturated/α-hetero) is 1. The Morgan fingerprint density at radius 2 is 1.31 bits per heavy atom. The minimum Gasteiger partial charge on any atom is -0.296 e. The van der Waals surface area contributed by atoms with E-state index in [0.717, 1.165) is 24.0 Å². The molecule has 0 saturated carbocycles. The summed E-state index contributed by atoms with van der Waals surface area (Å²) in [5, 5.41) is 0.797. The molecule has 26 heavy (non-hydrogen) atoms. The van der Waals surface area contributed by atoms with Gasteiger partial charge >= 0.3 is 0 Å². The van der Waals surface area contributed by atoms with E-state index in [1.807, 2.05) is 13.8 Å². The number of carbonyl (C=O) groups excluding carboxylic acids is 1. The molecule has 144 valence electrons. The number of hydrogen-bond acceptors (Lipinski definition) is 1. The van der Waals surface area contributed by atoms with E-state index < -0.39 is 8.65 Å². The van der Waals surface area contributed by atoms with Crippen molar-refractivity contribution in [2.75, 3.05) is 0 Å². The second-order valence-corrected chi connectivity index (χ2v) is 11.3. The maximum atomic E-state index is 13.5. The molecular formula is C19H20Br2Cl4O. The molecule has 4 atom stereocenters. The van der Waals surface area contributed by atoms with E-state index in [1.165, 1.54) is 0 Å². The summed E-state index contributed by atoms with van der Waals surface area (Å²) in [6.45, 7) is 3.98.